The Balaban J connectivity index is 0.00000133. The standard InChI is InChI=1S/C15H11N3.Ir/c1-16-12-8-9-14-15(10-12)18(11-17(14)2)13-6-4-3-5-7-13;/h3-6,8-11H,2H3;/q-2;. The summed E-state index contributed by atoms with van der Waals surface area (Å²) in [5.74, 6) is 0. The summed E-state index contributed by atoms with van der Waals surface area (Å²) in [6.45, 7) is 9.11. The smallest absolute Gasteiger partial charge is 0.189 e. The zero-order valence-corrected chi connectivity index (χ0v) is 12.7. The average Bonchev–Trinajstić information content (AvgIpc) is 2.76. The molecule has 0 atom stereocenters. The van der Waals surface area contributed by atoms with E-state index in [-0.39, 0.29) is 20.1 Å². The van der Waals surface area contributed by atoms with Gasteiger partial charge in [0.1, 0.15) is 0 Å². The van der Waals surface area contributed by atoms with Gasteiger partial charge in [-0.15, -0.1) is 5.69 Å². The van der Waals surface area contributed by atoms with Gasteiger partial charge in [0.2, 0.25) is 0 Å². The van der Waals surface area contributed by atoms with Crippen LogP contribution in [-0.2, 0) is 20.1 Å². The Labute approximate surface area is 126 Å². The van der Waals surface area contributed by atoms with Gasteiger partial charge in [-0.1, -0.05) is 6.07 Å². The van der Waals surface area contributed by atoms with Gasteiger partial charge < -0.3 is 9.80 Å². The Morgan fingerprint density at radius 1 is 1.21 bits per heavy atom. The van der Waals surface area contributed by atoms with Crippen LogP contribution < -0.4 is 9.80 Å². The van der Waals surface area contributed by atoms with E-state index in [9.17, 15) is 0 Å². The molecule has 2 aromatic rings. The first-order valence-electron chi connectivity index (χ1n) is 5.65. The minimum Gasteiger partial charge on any atom is -0.504 e. The molecule has 0 spiro atoms. The van der Waals surface area contributed by atoms with E-state index in [2.05, 4.69) is 10.9 Å². The Hall–Kier alpha value is -1.82. The summed E-state index contributed by atoms with van der Waals surface area (Å²) >= 11 is 0. The quantitative estimate of drug-likeness (QED) is 0.645. The van der Waals surface area contributed by atoms with Gasteiger partial charge in [0.15, 0.2) is 5.69 Å². The summed E-state index contributed by atoms with van der Waals surface area (Å²) in [6.07, 6.45) is 0. The van der Waals surface area contributed by atoms with Crippen molar-refractivity contribution < 1.29 is 20.1 Å². The number of anilines is 3. The van der Waals surface area contributed by atoms with Crippen molar-refractivity contribution in [3.05, 3.63) is 66.6 Å². The van der Waals surface area contributed by atoms with E-state index in [0.717, 1.165) is 17.1 Å². The maximum absolute atomic E-state index is 7.10. The van der Waals surface area contributed by atoms with Gasteiger partial charge in [-0.25, -0.2) is 4.85 Å². The third-order valence-electron chi connectivity index (χ3n) is 2.97. The SMILES string of the molecule is [C-]#[N+]c1ccc2c(c1)N(c1[c-]cccc1)[CH-]N2C.[Ir]. The summed E-state index contributed by atoms with van der Waals surface area (Å²) in [7, 11) is 2.00. The summed E-state index contributed by atoms with van der Waals surface area (Å²) in [5.41, 5.74) is 3.75. The van der Waals surface area contributed by atoms with Crippen LogP contribution in [0, 0.1) is 19.3 Å². The van der Waals surface area contributed by atoms with Gasteiger partial charge in [-0.3, -0.25) is 0 Å². The zero-order chi connectivity index (χ0) is 12.5. The number of para-hydroxylation sites is 1. The molecule has 0 aromatic heterocycles. The van der Waals surface area contributed by atoms with Gasteiger partial charge >= 0.3 is 0 Å². The molecule has 0 bridgehead atoms. The number of nitrogens with zero attached hydrogens (tertiary/aromatic N) is 3. The minimum atomic E-state index is 0. The van der Waals surface area contributed by atoms with Gasteiger partial charge in [-0.05, 0) is 19.2 Å². The second-order valence-corrected chi connectivity index (χ2v) is 4.13. The van der Waals surface area contributed by atoms with E-state index in [1.807, 2.05) is 66.0 Å². The first-order valence-corrected chi connectivity index (χ1v) is 5.65. The first kappa shape index (κ1) is 13.6. The number of hydrogen-bond acceptors (Lipinski definition) is 2. The second kappa shape index (κ2) is 5.44. The van der Waals surface area contributed by atoms with Gasteiger partial charge in [0.05, 0.1) is 6.57 Å². The van der Waals surface area contributed by atoms with Gasteiger partial charge in [0, 0.05) is 31.5 Å². The minimum absolute atomic E-state index is 0. The zero-order valence-electron chi connectivity index (χ0n) is 10.3. The van der Waals surface area contributed by atoms with E-state index in [0.29, 0.717) is 5.69 Å². The fraction of sp³-hybridized carbons (Fsp3) is 0.0667. The summed E-state index contributed by atoms with van der Waals surface area (Å²) < 4.78 is 0. The first-order chi connectivity index (χ1) is 8.79. The van der Waals surface area contributed by atoms with Crippen molar-refractivity contribution in [2.24, 2.45) is 0 Å². The summed E-state index contributed by atoms with van der Waals surface area (Å²) in [5, 5.41) is 0. The topological polar surface area (TPSA) is 10.8 Å². The monoisotopic (exact) mass is 426 g/mol. The van der Waals surface area contributed by atoms with Crippen molar-refractivity contribution in [1.29, 1.82) is 0 Å². The van der Waals surface area contributed by atoms with Crippen LogP contribution in [0.25, 0.3) is 4.85 Å². The summed E-state index contributed by atoms with van der Waals surface area (Å²) in [6, 6.07) is 16.7. The molecule has 0 N–H and O–H groups in total. The predicted octanol–water partition coefficient (Wildman–Crippen LogP) is 3.74. The molecule has 3 nitrogen and oxygen atoms in total. The van der Waals surface area contributed by atoms with Crippen molar-refractivity contribution in [3.63, 3.8) is 0 Å². The molecule has 1 radical (unpaired) electrons. The third-order valence-corrected chi connectivity index (χ3v) is 2.97. The number of hydrogen-bond donors (Lipinski definition) is 0. The van der Waals surface area contributed by atoms with Crippen molar-refractivity contribution in [2.45, 2.75) is 0 Å². The van der Waals surface area contributed by atoms with Crippen LogP contribution in [-0.4, -0.2) is 7.05 Å². The largest absolute Gasteiger partial charge is 0.504 e. The normalized spacial score (nSPS) is 12.6. The number of rotatable bonds is 1. The van der Waals surface area contributed by atoms with Crippen LogP contribution in [0.5, 0.6) is 0 Å². The molecule has 4 heteroatoms. The Morgan fingerprint density at radius 2 is 2.05 bits per heavy atom. The van der Waals surface area contributed by atoms with E-state index in [4.69, 9.17) is 6.57 Å². The molecule has 0 amide bonds. The molecule has 1 heterocycles. The molecule has 1 aliphatic heterocycles. The molecule has 0 unspecified atom stereocenters. The number of fused-ring (bicyclic) bond motifs is 1. The second-order valence-electron chi connectivity index (χ2n) is 4.13. The van der Waals surface area contributed by atoms with Crippen LogP contribution >= 0.6 is 0 Å². The van der Waals surface area contributed by atoms with Crippen molar-refractivity contribution >= 4 is 22.7 Å². The van der Waals surface area contributed by atoms with E-state index < -0.39 is 0 Å². The van der Waals surface area contributed by atoms with E-state index >= 15 is 0 Å². The molecule has 0 saturated heterocycles. The molecule has 2 aromatic carbocycles. The Bertz CT molecular complexity index is 619. The van der Waals surface area contributed by atoms with Gasteiger partial charge in [-0.2, -0.15) is 37.0 Å². The molecule has 0 saturated carbocycles. The fourth-order valence-corrected chi connectivity index (χ4v) is 2.10. The molecule has 1 aliphatic rings. The van der Waals surface area contributed by atoms with Crippen LogP contribution in [0.4, 0.5) is 22.7 Å². The average molecular weight is 425 g/mol. The van der Waals surface area contributed by atoms with Crippen molar-refractivity contribution in [2.75, 3.05) is 16.8 Å². The Kier molecular flexibility index (Phi) is 3.90. The molecule has 19 heavy (non-hydrogen) atoms. The van der Waals surface area contributed by atoms with Crippen LogP contribution in [0.1, 0.15) is 0 Å². The molecule has 0 fully saturated rings. The van der Waals surface area contributed by atoms with Crippen LogP contribution in [0.15, 0.2) is 42.5 Å². The number of benzene rings is 2. The Morgan fingerprint density at radius 3 is 2.74 bits per heavy atom. The third kappa shape index (κ3) is 2.35. The molecular formula is C15H11IrN3-2. The van der Waals surface area contributed by atoms with Gasteiger partial charge in [0.25, 0.3) is 0 Å². The maximum Gasteiger partial charge on any atom is 0.189 e. The van der Waals surface area contributed by atoms with Crippen molar-refractivity contribution in [3.8, 4) is 0 Å². The van der Waals surface area contributed by atoms with Crippen LogP contribution in [0.2, 0.25) is 0 Å². The summed E-state index contributed by atoms with van der Waals surface area (Å²) in [4.78, 5) is 7.57. The molecule has 3 rings (SSSR count). The maximum atomic E-state index is 7.10. The molecular weight excluding hydrogens is 414 g/mol. The van der Waals surface area contributed by atoms with Crippen molar-refractivity contribution in [1.82, 2.24) is 0 Å². The van der Waals surface area contributed by atoms with E-state index in [1.165, 1.54) is 0 Å². The predicted molar refractivity (Wildman–Crippen MR) is 72.8 cm³/mol. The molecule has 97 valence electrons. The van der Waals surface area contributed by atoms with E-state index in [1.54, 1.807) is 0 Å². The van der Waals surface area contributed by atoms with Crippen LogP contribution in [0.3, 0.4) is 0 Å². The molecule has 0 aliphatic carbocycles. The fourth-order valence-electron chi connectivity index (χ4n) is 2.10.